The molecule has 2 rings (SSSR count). The van der Waals surface area contributed by atoms with Crippen LogP contribution in [0.15, 0.2) is 6.33 Å². The number of aromatic nitrogens is 2. The summed E-state index contributed by atoms with van der Waals surface area (Å²) < 4.78 is 0. The van der Waals surface area contributed by atoms with Crippen molar-refractivity contribution in [1.29, 1.82) is 0 Å². The van der Waals surface area contributed by atoms with Crippen molar-refractivity contribution >= 4 is 34.9 Å². The molecule has 6 heteroatoms. The van der Waals surface area contributed by atoms with Crippen LogP contribution < -0.4 is 5.32 Å². The second-order valence-corrected chi connectivity index (χ2v) is 5.67. The molecule has 1 fully saturated rings. The van der Waals surface area contributed by atoms with E-state index in [1.807, 2.05) is 0 Å². The molecule has 0 radical (unpaired) electrons. The summed E-state index contributed by atoms with van der Waals surface area (Å²) in [6, 6.07) is 0. The molecule has 4 nitrogen and oxygen atoms in total. The zero-order chi connectivity index (χ0) is 13.7. The van der Waals surface area contributed by atoms with Crippen molar-refractivity contribution in [1.82, 2.24) is 9.97 Å². The van der Waals surface area contributed by atoms with Crippen molar-refractivity contribution in [3.8, 4) is 0 Å². The molecule has 1 saturated carbocycles. The molecule has 0 unspecified atom stereocenters. The number of hydrogen-bond acceptors (Lipinski definition) is 3. The number of amides is 1. The van der Waals surface area contributed by atoms with Gasteiger partial charge in [0.05, 0.1) is 0 Å². The van der Waals surface area contributed by atoms with E-state index in [-0.39, 0.29) is 16.1 Å². The Morgan fingerprint density at radius 2 is 1.89 bits per heavy atom. The zero-order valence-electron chi connectivity index (χ0n) is 10.7. The maximum Gasteiger partial charge on any atom is 0.225 e. The number of nitrogens with zero attached hydrogens (tertiary/aromatic N) is 2. The van der Waals surface area contributed by atoms with E-state index in [2.05, 4.69) is 15.3 Å². The van der Waals surface area contributed by atoms with Gasteiger partial charge < -0.3 is 5.32 Å². The van der Waals surface area contributed by atoms with Gasteiger partial charge in [-0.15, -0.1) is 0 Å². The molecule has 1 heterocycles. The van der Waals surface area contributed by atoms with Gasteiger partial charge in [-0.05, 0) is 18.8 Å². The smallest absolute Gasteiger partial charge is 0.225 e. The van der Waals surface area contributed by atoms with Gasteiger partial charge in [-0.1, -0.05) is 48.9 Å². The normalized spacial score (nSPS) is 16.9. The molecule has 1 aliphatic rings. The Labute approximate surface area is 122 Å². The summed E-state index contributed by atoms with van der Waals surface area (Å²) in [7, 11) is 0. The van der Waals surface area contributed by atoms with Gasteiger partial charge in [0.25, 0.3) is 0 Å². The molecule has 0 aromatic carbocycles. The molecule has 104 valence electrons. The fraction of sp³-hybridized carbons (Fsp3) is 0.615. The molecule has 0 aliphatic heterocycles. The Hall–Kier alpha value is -0.870. The summed E-state index contributed by atoms with van der Waals surface area (Å²) in [4.78, 5) is 19.7. The molecule has 1 amide bonds. The molecule has 0 bridgehead atoms. The topological polar surface area (TPSA) is 54.9 Å². The molecule has 0 atom stereocenters. The van der Waals surface area contributed by atoms with E-state index in [1.54, 1.807) is 0 Å². The molecule has 19 heavy (non-hydrogen) atoms. The van der Waals surface area contributed by atoms with E-state index in [4.69, 9.17) is 23.2 Å². The van der Waals surface area contributed by atoms with Crippen LogP contribution in [0.3, 0.4) is 0 Å². The van der Waals surface area contributed by atoms with Crippen LogP contribution in [-0.2, 0) is 4.79 Å². The lowest BCUT2D eigenvalue weighted by atomic mass is 9.96. The van der Waals surface area contributed by atoms with Gasteiger partial charge in [-0.3, -0.25) is 4.79 Å². The minimum Gasteiger partial charge on any atom is -0.309 e. The summed E-state index contributed by atoms with van der Waals surface area (Å²) in [6.07, 6.45) is 9.08. The molecular formula is C13H17Cl2N3O. The highest BCUT2D eigenvalue weighted by atomic mass is 35.5. The Kier molecular flexibility index (Phi) is 5.40. The van der Waals surface area contributed by atoms with E-state index in [0.29, 0.717) is 18.2 Å². The zero-order valence-corrected chi connectivity index (χ0v) is 12.2. The monoisotopic (exact) mass is 301 g/mol. The maximum atomic E-state index is 12.0. The number of nitrogens with one attached hydrogen (secondary N) is 1. The predicted molar refractivity (Wildman–Crippen MR) is 76.5 cm³/mol. The first-order valence-electron chi connectivity index (χ1n) is 6.62. The summed E-state index contributed by atoms with van der Waals surface area (Å²) in [5, 5.41) is 3.06. The highest BCUT2D eigenvalue weighted by Gasteiger charge is 2.17. The van der Waals surface area contributed by atoms with Crippen molar-refractivity contribution < 1.29 is 4.79 Å². The van der Waals surface area contributed by atoms with Crippen LogP contribution in [0.5, 0.6) is 0 Å². The first kappa shape index (κ1) is 14.5. The largest absolute Gasteiger partial charge is 0.309 e. The van der Waals surface area contributed by atoms with Crippen molar-refractivity contribution in [3.05, 3.63) is 16.5 Å². The summed E-state index contributed by atoms with van der Waals surface area (Å²) in [5.41, 5.74) is 0. The van der Waals surface area contributed by atoms with Crippen LogP contribution >= 0.6 is 23.2 Å². The van der Waals surface area contributed by atoms with Gasteiger partial charge in [-0.25, -0.2) is 9.97 Å². The van der Waals surface area contributed by atoms with E-state index >= 15 is 0 Å². The average molecular weight is 302 g/mol. The first-order valence-corrected chi connectivity index (χ1v) is 7.38. The van der Waals surface area contributed by atoms with Crippen molar-refractivity contribution in [3.63, 3.8) is 0 Å². The molecule has 0 spiro atoms. The molecule has 1 N–H and O–H groups in total. The molecule has 1 aromatic rings. The average Bonchev–Trinajstić information content (AvgIpc) is 2.63. The van der Waals surface area contributed by atoms with E-state index in [0.717, 1.165) is 12.8 Å². The molecular weight excluding hydrogens is 285 g/mol. The third kappa shape index (κ3) is 4.32. The number of carbonyl (C=O) groups is 1. The number of halogens is 2. The maximum absolute atomic E-state index is 12.0. The standard InChI is InChI=1S/C13H17Cl2N3O/c14-11-12(15)16-8-17-13(11)18-10(19)7-9-5-3-1-2-4-6-9/h8-9H,1-7H2,(H,16,17,18,19). The number of rotatable bonds is 3. The number of anilines is 1. The second-order valence-electron chi connectivity index (χ2n) is 4.94. The molecule has 0 saturated heterocycles. The SMILES string of the molecule is O=C(CC1CCCCCC1)Nc1ncnc(Cl)c1Cl. The number of carbonyl (C=O) groups excluding carboxylic acids is 1. The van der Waals surface area contributed by atoms with E-state index in [1.165, 1.54) is 32.0 Å². The Morgan fingerprint density at radius 3 is 2.58 bits per heavy atom. The fourth-order valence-electron chi connectivity index (χ4n) is 2.45. The van der Waals surface area contributed by atoms with Gasteiger partial charge in [0.2, 0.25) is 5.91 Å². The van der Waals surface area contributed by atoms with E-state index < -0.39 is 0 Å². The minimum atomic E-state index is -0.0523. The van der Waals surface area contributed by atoms with Gasteiger partial charge in [0.15, 0.2) is 11.0 Å². The van der Waals surface area contributed by atoms with Crippen LogP contribution in [0, 0.1) is 5.92 Å². The lowest BCUT2D eigenvalue weighted by Gasteiger charge is -2.13. The third-order valence-electron chi connectivity index (χ3n) is 3.45. The lowest BCUT2D eigenvalue weighted by molar-refractivity contribution is -0.117. The predicted octanol–water partition coefficient (Wildman–Crippen LogP) is 4.08. The Bertz CT molecular complexity index is 446. The fourth-order valence-corrected chi connectivity index (χ4v) is 2.73. The third-order valence-corrected chi connectivity index (χ3v) is 4.19. The van der Waals surface area contributed by atoms with Gasteiger partial charge in [0, 0.05) is 6.42 Å². The highest BCUT2D eigenvalue weighted by Crippen LogP contribution is 2.28. The Morgan fingerprint density at radius 1 is 1.21 bits per heavy atom. The first-order chi connectivity index (χ1) is 9.16. The van der Waals surface area contributed by atoms with Crippen molar-refractivity contribution in [2.75, 3.05) is 5.32 Å². The van der Waals surface area contributed by atoms with Gasteiger partial charge >= 0.3 is 0 Å². The van der Waals surface area contributed by atoms with E-state index in [9.17, 15) is 4.79 Å². The summed E-state index contributed by atoms with van der Waals surface area (Å²) >= 11 is 11.7. The molecule has 1 aliphatic carbocycles. The quantitative estimate of drug-likeness (QED) is 0.676. The number of hydrogen-bond donors (Lipinski definition) is 1. The Balaban J connectivity index is 1.91. The highest BCUT2D eigenvalue weighted by molar-refractivity contribution is 6.42. The minimum absolute atomic E-state index is 0.0523. The van der Waals surface area contributed by atoms with Crippen LogP contribution in [-0.4, -0.2) is 15.9 Å². The lowest BCUT2D eigenvalue weighted by Crippen LogP contribution is -2.17. The van der Waals surface area contributed by atoms with Gasteiger partial charge in [-0.2, -0.15) is 0 Å². The second kappa shape index (κ2) is 7.06. The summed E-state index contributed by atoms with van der Waals surface area (Å²) in [5.74, 6) is 0.711. The van der Waals surface area contributed by atoms with Crippen LogP contribution in [0.2, 0.25) is 10.2 Å². The summed E-state index contributed by atoms with van der Waals surface area (Å²) in [6.45, 7) is 0. The van der Waals surface area contributed by atoms with Gasteiger partial charge in [0.1, 0.15) is 11.3 Å². The van der Waals surface area contributed by atoms with Crippen LogP contribution in [0.4, 0.5) is 5.82 Å². The van der Waals surface area contributed by atoms with Crippen LogP contribution in [0.25, 0.3) is 0 Å². The van der Waals surface area contributed by atoms with Crippen molar-refractivity contribution in [2.24, 2.45) is 5.92 Å². The van der Waals surface area contributed by atoms with Crippen molar-refractivity contribution in [2.45, 2.75) is 44.9 Å². The molecule has 1 aromatic heterocycles. The van der Waals surface area contributed by atoms with Crippen LogP contribution in [0.1, 0.15) is 44.9 Å².